The molecule has 0 bridgehead atoms. The minimum Gasteiger partial charge on any atom is -0.383 e. The predicted molar refractivity (Wildman–Crippen MR) is 56.2 cm³/mol. The molecule has 0 spiro atoms. The van der Waals surface area contributed by atoms with Crippen LogP contribution >= 0.6 is 0 Å². The quantitative estimate of drug-likeness (QED) is 0.700. The van der Waals surface area contributed by atoms with Gasteiger partial charge in [0.2, 0.25) is 0 Å². The molecule has 0 saturated heterocycles. The van der Waals surface area contributed by atoms with Gasteiger partial charge in [0.25, 0.3) is 0 Å². The van der Waals surface area contributed by atoms with Gasteiger partial charge < -0.3 is 10.1 Å². The van der Waals surface area contributed by atoms with Crippen LogP contribution in [-0.2, 0) is 11.2 Å². The summed E-state index contributed by atoms with van der Waals surface area (Å²) in [6, 6.07) is 8.47. The average Bonchev–Trinajstić information content (AvgIpc) is 2.19. The van der Waals surface area contributed by atoms with Gasteiger partial charge in [-0.25, -0.2) is 0 Å². The first-order valence-corrected chi connectivity index (χ1v) is 4.68. The normalized spacial score (nSPS) is 10.0. The maximum Gasteiger partial charge on any atom is 0.0635 e. The Labute approximate surface area is 79.9 Å². The van der Waals surface area contributed by atoms with Crippen molar-refractivity contribution in [1.29, 1.82) is 0 Å². The molecular weight excluding hydrogens is 162 g/mol. The van der Waals surface area contributed by atoms with E-state index in [0.29, 0.717) is 0 Å². The molecule has 72 valence electrons. The Morgan fingerprint density at radius 1 is 1.38 bits per heavy atom. The SMILES string of the molecule is CCc1cccc(NCCOC)c1. The van der Waals surface area contributed by atoms with Gasteiger partial charge >= 0.3 is 0 Å². The molecule has 0 aliphatic rings. The van der Waals surface area contributed by atoms with E-state index in [9.17, 15) is 0 Å². The molecule has 0 fully saturated rings. The second-order valence-corrected chi connectivity index (χ2v) is 2.97. The van der Waals surface area contributed by atoms with Crippen LogP contribution in [-0.4, -0.2) is 20.3 Å². The molecule has 13 heavy (non-hydrogen) atoms. The second-order valence-electron chi connectivity index (χ2n) is 2.97. The van der Waals surface area contributed by atoms with Crippen molar-refractivity contribution in [1.82, 2.24) is 0 Å². The van der Waals surface area contributed by atoms with E-state index in [0.717, 1.165) is 19.6 Å². The van der Waals surface area contributed by atoms with Gasteiger partial charge in [-0.2, -0.15) is 0 Å². The van der Waals surface area contributed by atoms with E-state index in [-0.39, 0.29) is 0 Å². The van der Waals surface area contributed by atoms with E-state index >= 15 is 0 Å². The molecular formula is C11H17NO. The van der Waals surface area contributed by atoms with Crippen molar-refractivity contribution >= 4 is 5.69 Å². The van der Waals surface area contributed by atoms with Crippen LogP contribution in [0.25, 0.3) is 0 Å². The van der Waals surface area contributed by atoms with E-state index in [1.54, 1.807) is 7.11 Å². The van der Waals surface area contributed by atoms with Crippen LogP contribution in [0.4, 0.5) is 5.69 Å². The third-order valence-corrected chi connectivity index (χ3v) is 1.97. The summed E-state index contributed by atoms with van der Waals surface area (Å²) in [5.41, 5.74) is 2.54. The molecule has 0 unspecified atom stereocenters. The van der Waals surface area contributed by atoms with Crippen LogP contribution in [0.1, 0.15) is 12.5 Å². The summed E-state index contributed by atoms with van der Waals surface area (Å²) in [5, 5.41) is 3.30. The van der Waals surface area contributed by atoms with Crippen molar-refractivity contribution in [2.75, 3.05) is 25.6 Å². The monoisotopic (exact) mass is 179 g/mol. The predicted octanol–water partition coefficient (Wildman–Crippen LogP) is 2.31. The van der Waals surface area contributed by atoms with Gasteiger partial charge in [0, 0.05) is 19.3 Å². The van der Waals surface area contributed by atoms with Crippen molar-refractivity contribution in [3.63, 3.8) is 0 Å². The van der Waals surface area contributed by atoms with Crippen molar-refractivity contribution in [2.45, 2.75) is 13.3 Å². The average molecular weight is 179 g/mol. The summed E-state index contributed by atoms with van der Waals surface area (Å²) in [6.45, 7) is 3.77. The standard InChI is InChI=1S/C11H17NO/c1-3-10-5-4-6-11(9-10)12-7-8-13-2/h4-6,9,12H,3,7-8H2,1-2H3. The highest BCUT2D eigenvalue weighted by Crippen LogP contribution is 2.10. The number of anilines is 1. The molecule has 0 heterocycles. The van der Waals surface area contributed by atoms with Crippen LogP contribution in [0, 0.1) is 0 Å². The summed E-state index contributed by atoms with van der Waals surface area (Å²) >= 11 is 0. The summed E-state index contributed by atoms with van der Waals surface area (Å²) in [7, 11) is 1.71. The first kappa shape index (κ1) is 10.1. The van der Waals surface area contributed by atoms with Crippen molar-refractivity contribution in [3.05, 3.63) is 29.8 Å². The topological polar surface area (TPSA) is 21.3 Å². The molecule has 0 amide bonds. The molecule has 0 aromatic heterocycles. The molecule has 0 saturated carbocycles. The number of benzene rings is 1. The highest BCUT2D eigenvalue weighted by atomic mass is 16.5. The fraction of sp³-hybridized carbons (Fsp3) is 0.455. The Morgan fingerprint density at radius 3 is 2.92 bits per heavy atom. The molecule has 2 nitrogen and oxygen atoms in total. The summed E-state index contributed by atoms with van der Waals surface area (Å²) in [5.74, 6) is 0. The molecule has 0 aliphatic heterocycles. The highest BCUT2D eigenvalue weighted by molar-refractivity contribution is 5.45. The smallest absolute Gasteiger partial charge is 0.0635 e. The Morgan fingerprint density at radius 2 is 2.23 bits per heavy atom. The zero-order valence-electron chi connectivity index (χ0n) is 8.34. The highest BCUT2D eigenvalue weighted by Gasteiger charge is 1.92. The number of nitrogens with one attached hydrogen (secondary N) is 1. The lowest BCUT2D eigenvalue weighted by Crippen LogP contribution is -2.07. The van der Waals surface area contributed by atoms with Gasteiger partial charge in [-0.05, 0) is 24.1 Å². The minimum atomic E-state index is 0.746. The maximum absolute atomic E-state index is 4.96. The lowest BCUT2D eigenvalue weighted by molar-refractivity contribution is 0.211. The fourth-order valence-corrected chi connectivity index (χ4v) is 1.20. The molecule has 0 atom stereocenters. The van der Waals surface area contributed by atoms with Gasteiger partial charge in [0.1, 0.15) is 0 Å². The largest absolute Gasteiger partial charge is 0.383 e. The Bertz CT molecular complexity index is 248. The second kappa shape index (κ2) is 5.60. The van der Waals surface area contributed by atoms with Crippen molar-refractivity contribution in [3.8, 4) is 0 Å². The molecule has 1 aromatic rings. The van der Waals surface area contributed by atoms with Crippen molar-refractivity contribution < 1.29 is 4.74 Å². The molecule has 2 heteroatoms. The van der Waals surface area contributed by atoms with E-state index in [2.05, 4.69) is 36.5 Å². The van der Waals surface area contributed by atoms with Crippen molar-refractivity contribution in [2.24, 2.45) is 0 Å². The summed E-state index contributed by atoms with van der Waals surface area (Å²) < 4.78 is 4.96. The number of ether oxygens (including phenoxy) is 1. The Kier molecular flexibility index (Phi) is 4.33. The molecule has 0 radical (unpaired) electrons. The third kappa shape index (κ3) is 3.47. The van der Waals surface area contributed by atoms with Crippen LogP contribution < -0.4 is 5.32 Å². The van der Waals surface area contributed by atoms with Gasteiger partial charge in [0.05, 0.1) is 6.61 Å². The Balaban J connectivity index is 2.46. The van der Waals surface area contributed by atoms with Gasteiger partial charge in [0.15, 0.2) is 0 Å². The number of aryl methyl sites for hydroxylation is 1. The molecule has 1 aromatic carbocycles. The first-order chi connectivity index (χ1) is 6.36. The van der Waals surface area contributed by atoms with E-state index in [4.69, 9.17) is 4.74 Å². The van der Waals surface area contributed by atoms with Gasteiger partial charge in [-0.1, -0.05) is 19.1 Å². The number of methoxy groups -OCH3 is 1. The maximum atomic E-state index is 4.96. The third-order valence-electron chi connectivity index (χ3n) is 1.97. The fourth-order valence-electron chi connectivity index (χ4n) is 1.20. The minimum absolute atomic E-state index is 0.746. The lowest BCUT2D eigenvalue weighted by Gasteiger charge is -2.06. The van der Waals surface area contributed by atoms with E-state index in [1.807, 2.05) is 0 Å². The van der Waals surface area contributed by atoms with Gasteiger partial charge in [-0.3, -0.25) is 0 Å². The Hall–Kier alpha value is -1.02. The lowest BCUT2D eigenvalue weighted by atomic mass is 10.1. The van der Waals surface area contributed by atoms with E-state index in [1.165, 1.54) is 11.3 Å². The number of hydrogen-bond donors (Lipinski definition) is 1. The van der Waals surface area contributed by atoms with E-state index < -0.39 is 0 Å². The van der Waals surface area contributed by atoms with Crippen LogP contribution in [0.5, 0.6) is 0 Å². The molecule has 1 rings (SSSR count). The molecule has 1 N–H and O–H groups in total. The van der Waals surface area contributed by atoms with Crippen LogP contribution in [0.2, 0.25) is 0 Å². The first-order valence-electron chi connectivity index (χ1n) is 4.68. The molecule has 0 aliphatic carbocycles. The number of rotatable bonds is 5. The number of hydrogen-bond acceptors (Lipinski definition) is 2. The summed E-state index contributed by atoms with van der Waals surface area (Å²) in [4.78, 5) is 0. The van der Waals surface area contributed by atoms with Crippen LogP contribution in [0.15, 0.2) is 24.3 Å². The zero-order valence-corrected chi connectivity index (χ0v) is 8.34. The summed E-state index contributed by atoms with van der Waals surface area (Å²) in [6.07, 6.45) is 1.08. The van der Waals surface area contributed by atoms with Crippen LogP contribution in [0.3, 0.4) is 0 Å². The zero-order chi connectivity index (χ0) is 9.52. The van der Waals surface area contributed by atoms with Gasteiger partial charge in [-0.15, -0.1) is 0 Å².